The molecule has 0 atom stereocenters. The van der Waals surface area contributed by atoms with Crippen LogP contribution in [0, 0.1) is 0 Å². The zero-order valence-electron chi connectivity index (χ0n) is 10.3. The molecule has 0 heterocycles. The number of sulfonamides is 1. The van der Waals surface area contributed by atoms with Crippen molar-refractivity contribution >= 4 is 21.4 Å². The molecule has 6 heteroatoms. The number of hydrogen-bond acceptors (Lipinski definition) is 4. The average molecular weight is 278 g/mol. The van der Waals surface area contributed by atoms with Crippen molar-refractivity contribution in [2.24, 2.45) is 0 Å². The molecule has 5 nitrogen and oxygen atoms in total. The van der Waals surface area contributed by atoms with E-state index in [0.717, 1.165) is 0 Å². The molecular weight excluding hydrogens is 264 g/mol. The van der Waals surface area contributed by atoms with Crippen LogP contribution in [0.25, 0.3) is 0 Å². The average Bonchev–Trinajstić information content (AvgIpc) is 2.39. The van der Waals surface area contributed by atoms with Gasteiger partial charge >= 0.3 is 0 Å². The number of hydrogen-bond donors (Lipinski definition) is 2. The van der Waals surface area contributed by atoms with Crippen molar-refractivity contribution in [1.82, 2.24) is 0 Å². The smallest absolute Gasteiger partial charge is 0.261 e. The van der Waals surface area contributed by atoms with E-state index in [-0.39, 0.29) is 4.90 Å². The molecule has 0 spiro atoms. The maximum absolute atomic E-state index is 12.1. The zero-order valence-corrected chi connectivity index (χ0v) is 11.1. The summed E-state index contributed by atoms with van der Waals surface area (Å²) in [6, 6.07) is 12.8. The van der Waals surface area contributed by atoms with Gasteiger partial charge in [-0.3, -0.25) is 4.72 Å². The van der Waals surface area contributed by atoms with Crippen molar-refractivity contribution in [1.29, 1.82) is 0 Å². The lowest BCUT2D eigenvalue weighted by Crippen LogP contribution is -2.13. The minimum Gasteiger partial charge on any atom is -0.495 e. The normalized spacial score (nSPS) is 11.0. The topological polar surface area (TPSA) is 81.4 Å². The molecule has 0 amide bonds. The Morgan fingerprint density at radius 1 is 1.11 bits per heavy atom. The summed E-state index contributed by atoms with van der Waals surface area (Å²) in [6.07, 6.45) is 0. The van der Waals surface area contributed by atoms with E-state index >= 15 is 0 Å². The largest absolute Gasteiger partial charge is 0.495 e. The lowest BCUT2D eigenvalue weighted by Gasteiger charge is -2.10. The number of anilines is 2. The molecule has 100 valence electrons. The molecule has 2 aromatic carbocycles. The summed E-state index contributed by atoms with van der Waals surface area (Å²) in [6.45, 7) is 0. The Balaban J connectivity index is 2.29. The second-order valence-electron chi connectivity index (χ2n) is 3.88. The highest BCUT2D eigenvalue weighted by Gasteiger charge is 2.13. The molecule has 0 saturated carbocycles. The van der Waals surface area contributed by atoms with E-state index in [2.05, 4.69) is 4.72 Å². The Labute approximate surface area is 112 Å². The highest BCUT2D eigenvalue weighted by molar-refractivity contribution is 7.92. The lowest BCUT2D eigenvalue weighted by molar-refractivity contribution is 0.417. The summed E-state index contributed by atoms with van der Waals surface area (Å²) < 4.78 is 31.6. The van der Waals surface area contributed by atoms with Crippen LogP contribution < -0.4 is 15.2 Å². The molecule has 3 N–H and O–H groups in total. The van der Waals surface area contributed by atoms with E-state index < -0.39 is 10.0 Å². The van der Waals surface area contributed by atoms with E-state index in [9.17, 15) is 8.42 Å². The molecule has 0 aliphatic heterocycles. The molecule has 0 aromatic heterocycles. The Morgan fingerprint density at radius 2 is 1.79 bits per heavy atom. The summed E-state index contributed by atoms with van der Waals surface area (Å²) in [7, 11) is -2.10. The van der Waals surface area contributed by atoms with Crippen molar-refractivity contribution < 1.29 is 13.2 Å². The molecule has 0 radical (unpaired) electrons. The quantitative estimate of drug-likeness (QED) is 0.839. The summed E-state index contributed by atoms with van der Waals surface area (Å²) >= 11 is 0. The van der Waals surface area contributed by atoms with Crippen LogP contribution in [-0.2, 0) is 10.0 Å². The van der Waals surface area contributed by atoms with Gasteiger partial charge in [0.25, 0.3) is 10.0 Å². The van der Waals surface area contributed by atoms with Gasteiger partial charge in [0.05, 0.1) is 23.4 Å². The van der Waals surface area contributed by atoms with Crippen molar-refractivity contribution in [2.75, 3.05) is 17.6 Å². The molecule has 0 bridgehead atoms. The van der Waals surface area contributed by atoms with E-state index in [1.165, 1.54) is 25.3 Å². The fourth-order valence-corrected chi connectivity index (χ4v) is 2.68. The van der Waals surface area contributed by atoms with Gasteiger partial charge in [-0.2, -0.15) is 0 Å². The second kappa shape index (κ2) is 5.19. The van der Waals surface area contributed by atoms with E-state index in [4.69, 9.17) is 10.5 Å². The standard InChI is InChI=1S/C13H14N2O3S/c1-18-13-8-7-10(9-12(13)14)15-19(16,17)11-5-3-2-4-6-11/h2-9,15H,14H2,1H3. The summed E-state index contributed by atoms with van der Waals surface area (Å²) in [5, 5.41) is 0. The van der Waals surface area contributed by atoms with Gasteiger partial charge in [0.1, 0.15) is 5.75 Å². The molecule has 2 rings (SSSR count). The maximum atomic E-state index is 12.1. The lowest BCUT2D eigenvalue weighted by atomic mass is 10.2. The minimum absolute atomic E-state index is 0.199. The van der Waals surface area contributed by atoms with Gasteiger partial charge in [0, 0.05) is 0 Å². The monoisotopic (exact) mass is 278 g/mol. The first-order valence-electron chi connectivity index (χ1n) is 5.54. The van der Waals surface area contributed by atoms with E-state index in [1.54, 1.807) is 30.3 Å². The zero-order chi connectivity index (χ0) is 13.9. The van der Waals surface area contributed by atoms with Gasteiger partial charge in [0.15, 0.2) is 0 Å². The number of nitrogens with two attached hydrogens (primary N) is 1. The number of benzene rings is 2. The summed E-state index contributed by atoms with van der Waals surface area (Å²) in [4.78, 5) is 0.199. The number of nitrogens with one attached hydrogen (secondary N) is 1. The van der Waals surface area contributed by atoms with Crippen LogP contribution in [0.15, 0.2) is 53.4 Å². The highest BCUT2D eigenvalue weighted by atomic mass is 32.2. The van der Waals surface area contributed by atoms with Gasteiger partial charge in [-0.1, -0.05) is 18.2 Å². The van der Waals surface area contributed by atoms with Crippen LogP contribution in [0.1, 0.15) is 0 Å². The third-order valence-corrected chi connectivity index (χ3v) is 3.93. The SMILES string of the molecule is COc1ccc(NS(=O)(=O)c2ccccc2)cc1N. The molecule has 2 aromatic rings. The van der Waals surface area contributed by atoms with E-state index in [0.29, 0.717) is 17.1 Å². The Bertz CT molecular complexity index is 670. The van der Waals surface area contributed by atoms with Crippen molar-refractivity contribution in [3.8, 4) is 5.75 Å². The fraction of sp³-hybridized carbons (Fsp3) is 0.0769. The van der Waals surface area contributed by atoms with Crippen molar-refractivity contribution in [3.63, 3.8) is 0 Å². The predicted octanol–water partition coefficient (Wildman–Crippen LogP) is 2.08. The Hall–Kier alpha value is -2.21. The molecule has 0 aliphatic rings. The molecule has 0 unspecified atom stereocenters. The molecule has 19 heavy (non-hydrogen) atoms. The second-order valence-corrected chi connectivity index (χ2v) is 5.56. The number of methoxy groups -OCH3 is 1. The first-order valence-corrected chi connectivity index (χ1v) is 7.02. The van der Waals surface area contributed by atoms with Gasteiger partial charge in [-0.05, 0) is 30.3 Å². The third kappa shape index (κ3) is 2.97. The number of nitrogen functional groups attached to an aromatic ring is 1. The highest BCUT2D eigenvalue weighted by Crippen LogP contribution is 2.26. The first kappa shape index (κ1) is 13.2. The van der Waals surface area contributed by atoms with E-state index in [1.807, 2.05) is 0 Å². The molecule has 0 fully saturated rings. The van der Waals surface area contributed by atoms with Crippen LogP contribution in [0.3, 0.4) is 0 Å². The molecule has 0 saturated heterocycles. The Morgan fingerprint density at radius 3 is 2.37 bits per heavy atom. The molecule has 0 aliphatic carbocycles. The maximum Gasteiger partial charge on any atom is 0.261 e. The van der Waals surface area contributed by atoms with Crippen molar-refractivity contribution in [2.45, 2.75) is 4.90 Å². The summed E-state index contributed by atoms with van der Waals surface area (Å²) in [5.41, 5.74) is 6.49. The van der Waals surface area contributed by atoms with Crippen molar-refractivity contribution in [3.05, 3.63) is 48.5 Å². The van der Waals surface area contributed by atoms with Gasteiger partial charge < -0.3 is 10.5 Å². The number of ether oxygens (including phenoxy) is 1. The Kier molecular flexibility index (Phi) is 3.62. The van der Waals surface area contributed by atoms with Gasteiger partial charge in [-0.15, -0.1) is 0 Å². The third-order valence-electron chi connectivity index (χ3n) is 2.54. The predicted molar refractivity (Wildman–Crippen MR) is 74.7 cm³/mol. The van der Waals surface area contributed by atoms with Crippen LogP contribution in [0.4, 0.5) is 11.4 Å². The summed E-state index contributed by atoms with van der Waals surface area (Å²) in [5.74, 6) is 0.502. The van der Waals surface area contributed by atoms with Gasteiger partial charge in [-0.25, -0.2) is 8.42 Å². The minimum atomic E-state index is -3.60. The van der Waals surface area contributed by atoms with Crippen LogP contribution in [0.2, 0.25) is 0 Å². The number of rotatable bonds is 4. The fourth-order valence-electron chi connectivity index (χ4n) is 1.61. The van der Waals surface area contributed by atoms with Crippen LogP contribution in [-0.4, -0.2) is 15.5 Å². The van der Waals surface area contributed by atoms with Gasteiger partial charge in [0.2, 0.25) is 0 Å². The molecular formula is C13H14N2O3S. The first-order chi connectivity index (χ1) is 9.03. The van der Waals surface area contributed by atoms with Crippen LogP contribution in [0.5, 0.6) is 5.75 Å². The van der Waals surface area contributed by atoms with Crippen LogP contribution >= 0.6 is 0 Å².